The fourth-order valence-electron chi connectivity index (χ4n) is 2.82. The normalized spacial score (nSPS) is 14.8. The van der Waals surface area contributed by atoms with Gasteiger partial charge in [-0.05, 0) is 48.9 Å². The monoisotopic (exact) mass is 328 g/mol. The van der Waals surface area contributed by atoms with Gasteiger partial charge in [0.25, 0.3) is 0 Å². The summed E-state index contributed by atoms with van der Waals surface area (Å²) in [6.07, 6.45) is 2.98. The Balaban J connectivity index is 1.74. The molecule has 1 aliphatic heterocycles. The van der Waals surface area contributed by atoms with Crippen molar-refractivity contribution in [2.24, 2.45) is 0 Å². The van der Waals surface area contributed by atoms with Gasteiger partial charge in [0.2, 0.25) is 11.8 Å². The Hall–Kier alpha value is -2.14. The van der Waals surface area contributed by atoms with E-state index in [0.29, 0.717) is 12.8 Å². The van der Waals surface area contributed by atoms with E-state index in [4.69, 9.17) is 0 Å². The van der Waals surface area contributed by atoms with E-state index in [1.165, 1.54) is 0 Å². The zero-order valence-electron chi connectivity index (χ0n) is 13.2. The second kappa shape index (κ2) is 6.96. The Morgan fingerprint density at radius 3 is 2.91 bits per heavy atom. The number of carbonyl (C=O) groups excluding carboxylic acids is 2. The molecular weight excluding hydrogens is 308 g/mol. The second-order valence-corrected chi connectivity index (χ2v) is 6.84. The van der Waals surface area contributed by atoms with Gasteiger partial charge < -0.3 is 10.2 Å². The minimum absolute atomic E-state index is 0.0350. The highest BCUT2D eigenvalue weighted by Crippen LogP contribution is 2.27. The van der Waals surface area contributed by atoms with Crippen LogP contribution >= 0.6 is 11.3 Å². The predicted octanol–water partition coefficient (Wildman–Crippen LogP) is 3.75. The number of hydrogen-bond donors (Lipinski definition) is 1. The molecule has 4 nitrogen and oxygen atoms in total. The van der Waals surface area contributed by atoms with E-state index in [2.05, 4.69) is 5.32 Å². The summed E-state index contributed by atoms with van der Waals surface area (Å²) in [6.45, 7) is 2.75. The summed E-state index contributed by atoms with van der Waals surface area (Å²) in [6, 6.07) is 9.65. The second-order valence-electron chi connectivity index (χ2n) is 5.81. The summed E-state index contributed by atoms with van der Waals surface area (Å²) >= 11 is 1.58. The molecule has 1 saturated heterocycles. The SMILES string of the molecule is Cc1ccc(NC(=O)Cc2cccs2)cc1N1CCCCC1=O. The van der Waals surface area contributed by atoms with Gasteiger partial charge in [-0.2, -0.15) is 0 Å². The van der Waals surface area contributed by atoms with Gasteiger partial charge in [0.1, 0.15) is 0 Å². The van der Waals surface area contributed by atoms with E-state index in [0.717, 1.165) is 41.2 Å². The third-order valence-corrected chi connectivity index (χ3v) is 4.90. The van der Waals surface area contributed by atoms with Crippen LogP contribution < -0.4 is 10.2 Å². The maximum atomic E-state index is 12.1. The maximum absolute atomic E-state index is 12.1. The molecule has 0 saturated carbocycles. The van der Waals surface area contributed by atoms with Crippen molar-refractivity contribution in [3.05, 3.63) is 46.2 Å². The fourth-order valence-corrected chi connectivity index (χ4v) is 3.52. The van der Waals surface area contributed by atoms with Crippen molar-refractivity contribution in [3.8, 4) is 0 Å². The highest BCUT2D eigenvalue weighted by molar-refractivity contribution is 7.10. The van der Waals surface area contributed by atoms with Crippen LogP contribution in [0.25, 0.3) is 0 Å². The van der Waals surface area contributed by atoms with E-state index in [-0.39, 0.29) is 11.8 Å². The number of aryl methyl sites for hydroxylation is 1. The predicted molar refractivity (Wildman–Crippen MR) is 94.0 cm³/mol. The molecule has 0 spiro atoms. The molecule has 0 atom stereocenters. The molecule has 1 aromatic carbocycles. The van der Waals surface area contributed by atoms with E-state index in [9.17, 15) is 9.59 Å². The van der Waals surface area contributed by atoms with E-state index in [1.54, 1.807) is 11.3 Å². The van der Waals surface area contributed by atoms with Gasteiger partial charge in [-0.1, -0.05) is 12.1 Å². The Morgan fingerprint density at radius 2 is 2.17 bits per heavy atom. The first-order valence-electron chi connectivity index (χ1n) is 7.87. The third kappa shape index (κ3) is 3.79. The number of anilines is 2. The Kier molecular flexibility index (Phi) is 4.76. The number of carbonyl (C=O) groups is 2. The maximum Gasteiger partial charge on any atom is 0.229 e. The summed E-state index contributed by atoms with van der Waals surface area (Å²) in [5.41, 5.74) is 2.70. The summed E-state index contributed by atoms with van der Waals surface area (Å²) in [5, 5.41) is 4.90. The first kappa shape index (κ1) is 15.7. The van der Waals surface area contributed by atoms with Crippen molar-refractivity contribution < 1.29 is 9.59 Å². The summed E-state index contributed by atoms with van der Waals surface area (Å²) in [5.74, 6) is 0.133. The lowest BCUT2D eigenvalue weighted by Gasteiger charge is -2.28. The molecule has 0 bridgehead atoms. The molecule has 1 N–H and O–H groups in total. The van der Waals surface area contributed by atoms with Gasteiger partial charge in [-0.25, -0.2) is 0 Å². The van der Waals surface area contributed by atoms with Gasteiger partial charge >= 0.3 is 0 Å². The van der Waals surface area contributed by atoms with Crippen LogP contribution in [-0.4, -0.2) is 18.4 Å². The van der Waals surface area contributed by atoms with Gasteiger partial charge in [-0.15, -0.1) is 11.3 Å². The minimum Gasteiger partial charge on any atom is -0.326 e. The third-order valence-electron chi connectivity index (χ3n) is 4.02. The van der Waals surface area contributed by atoms with Crippen LogP contribution in [0.1, 0.15) is 29.7 Å². The standard InChI is InChI=1S/C18H20N2O2S/c1-13-7-8-14(19-17(21)12-15-5-4-10-23-15)11-16(13)20-9-3-2-6-18(20)22/h4-5,7-8,10-11H,2-3,6,9,12H2,1H3,(H,19,21). The molecule has 0 radical (unpaired) electrons. The Labute approximate surface area is 140 Å². The van der Waals surface area contributed by atoms with Gasteiger partial charge in [0, 0.05) is 29.2 Å². The summed E-state index contributed by atoms with van der Waals surface area (Å²) < 4.78 is 0. The van der Waals surface area contributed by atoms with Crippen LogP contribution in [0.2, 0.25) is 0 Å². The molecule has 0 aliphatic carbocycles. The molecule has 5 heteroatoms. The number of hydrogen-bond acceptors (Lipinski definition) is 3. The van der Waals surface area contributed by atoms with Crippen molar-refractivity contribution in [1.29, 1.82) is 0 Å². The summed E-state index contributed by atoms with van der Waals surface area (Å²) in [7, 11) is 0. The van der Waals surface area contributed by atoms with Gasteiger partial charge in [0.05, 0.1) is 6.42 Å². The van der Waals surface area contributed by atoms with Crippen molar-refractivity contribution >= 4 is 34.5 Å². The molecule has 2 aromatic rings. The highest BCUT2D eigenvalue weighted by atomic mass is 32.1. The van der Waals surface area contributed by atoms with E-state index in [1.807, 2.05) is 47.5 Å². The molecule has 120 valence electrons. The fraction of sp³-hybridized carbons (Fsp3) is 0.333. The molecule has 0 unspecified atom stereocenters. The van der Waals surface area contributed by atoms with Crippen LogP contribution in [-0.2, 0) is 16.0 Å². The molecule has 2 heterocycles. The van der Waals surface area contributed by atoms with Crippen molar-refractivity contribution in [1.82, 2.24) is 0 Å². The number of nitrogens with one attached hydrogen (secondary N) is 1. The lowest BCUT2D eigenvalue weighted by Crippen LogP contribution is -2.35. The highest BCUT2D eigenvalue weighted by Gasteiger charge is 2.21. The number of piperidine rings is 1. The van der Waals surface area contributed by atoms with Crippen LogP contribution in [0.15, 0.2) is 35.7 Å². The molecule has 1 aliphatic rings. The lowest BCUT2D eigenvalue weighted by atomic mass is 10.1. The number of amides is 2. The van der Waals surface area contributed by atoms with Crippen molar-refractivity contribution in [3.63, 3.8) is 0 Å². The first-order valence-corrected chi connectivity index (χ1v) is 8.75. The van der Waals surface area contributed by atoms with Gasteiger partial charge in [0.15, 0.2) is 0 Å². The molecule has 23 heavy (non-hydrogen) atoms. The van der Waals surface area contributed by atoms with Crippen molar-refractivity contribution in [2.75, 3.05) is 16.8 Å². The Bertz CT molecular complexity index is 710. The quantitative estimate of drug-likeness (QED) is 0.929. The van der Waals surface area contributed by atoms with Crippen LogP contribution in [0.4, 0.5) is 11.4 Å². The molecule has 1 aromatic heterocycles. The van der Waals surface area contributed by atoms with Crippen LogP contribution in [0, 0.1) is 6.92 Å². The largest absolute Gasteiger partial charge is 0.326 e. The smallest absolute Gasteiger partial charge is 0.229 e. The van der Waals surface area contributed by atoms with Crippen LogP contribution in [0.3, 0.4) is 0 Å². The van der Waals surface area contributed by atoms with Crippen LogP contribution in [0.5, 0.6) is 0 Å². The van der Waals surface area contributed by atoms with E-state index < -0.39 is 0 Å². The van der Waals surface area contributed by atoms with Gasteiger partial charge in [-0.3, -0.25) is 9.59 Å². The molecule has 3 rings (SSSR count). The zero-order chi connectivity index (χ0) is 16.2. The lowest BCUT2D eigenvalue weighted by molar-refractivity contribution is -0.119. The zero-order valence-corrected chi connectivity index (χ0v) is 14.0. The number of rotatable bonds is 4. The summed E-state index contributed by atoms with van der Waals surface area (Å²) in [4.78, 5) is 27.1. The average Bonchev–Trinajstić information content (AvgIpc) is 3.03. The molecular formula is C18H20N2O2S. The first-order chi connectivity index (χ1) is 11.1. The van der Waals surface area contributed by atoms with Crippen molar-refractivity contribution in [2.45, 2.75) is 32.6 Å². The number of benzene rings is 1. The Morgan fingerprint density at radius 1 is 1.30 bits per heavy atom. The molecule has 1 fully saturated rings. The number of thiophene rings is 1. The van der Waals surface area contributed by atoms with E-state index >= 15 is 0 Å². The minimum atomic E-state index is -0.0350. The topological polar surface area (TPSA) is 49.4 Å². The molecule has 2 amide bonds. The average molecular weight is 328 g/mol. The number of nitrogens with zero attached hydrogens (tertiary/aromatic N) is 1.